The van der Waals surface area contributed by atoms with E-state index in [9.17, 15) is 22.8 Å². The van der Waals surface area contributed by atoms with Crippen molar-refractivity contribution in [2.75, 3.05) is 11.5 Å². The molecule has 0 saturated carbocycles. The van der Waals surface area contributed by atoms with Crippen LogP contribution >= 0.6 is 0 Å². The van der Waals surface area contributed by atoms with Gasteiger partial charge in [-0.15, -0.1) is 0 Å². The molecule has 0 aromatic rings. The smallest absolute Gasteiger partial charge is 0.321 e. The van der Waals surface area contributed by atoms with Crippen molar-refractivity contribution in [1.29, 1.82) is 0 Å². The van der Waals surface area contributed by atoms with Crippen molar-refractivity contribution >= 4 is 27.7 Å². The van der Waals surface area contributed by atoms with E-state index in [1.54, 1.807) is 13.8 Å². The van der Waals surface area contributed by atoms with Crippen LogP contribution in [0.2, 0.25) is 0 Å². The second-order valence-corrected chi connectivity index (χ2v) is 8.26. The maximum absolute atomic E-state index is 11.7. The minimum atomic E-state index is -3.10. The number of sulfone groups is 1. The van der Waals surface area contributed by atoms with Gasteiger partial charge in [-0.05, 0) is 11.8 Å². The first-order valence-corrected chi connectivity index (χ1v) is 8.34. The standard InChI is InChI=1S/C12H20N2O6S/c1-12(2,6-10(16)17)5-9(15)14-11(18)13-8-3-4-21(19,20)7-8/h8H,3-7H2,1-2H3,(H,16,17)(H2,13,14,15,18). The molecular weight excluding hydrogens is 300 g/mol. The van der Waals surface area contributed by atoms with Crippen LogP contribution in [0, 0.1) is 5.41 Å². The van der Waals surface area contributed by atoms with Crippen LogP contribution in [0.5, 0.6) is 0 Å². The zero-order valence-electron chi connectivity index (χ0n) is 12.0. The summed E-state index contributed by atoms with van der Waals surface area (Å²) in [5.74, 6) is -1.72. The molecule has 3 N–H and O–H groups in total. The summed E-state index contributed by atoms with van der Waals surface area (Å²) >= 11 is 0. The van der Waals surface area contributed by atoms with Gasteiger partial charge >= 0.3 is 12.0 Å². The minimum absolute atomic E-state index is 0.0253. The fourth-order valence-corrected chi connectivity index (χ4v) is 3.88. The first-order valence-electron chi connectivity index (χ1n) is 6.52. The topological polar surface area (TPSA) is 130 Å². The molecule has 0 radical (unpaired) electrons. The molecule has 1 saturated heterocycles. The normalized spacial score (nSPS) is 20.8. The fraction of sp³-hybridized carbons (Fsp3) is 0.750. The summed E-state index contributed by atoms with van der Waals surface area (Å²) in [7, 11) is -3.10. The summed E-state index contributed by atoms with van der Waals surface area (Å²) in [6, 6.07) is -1.25. The number of imide groups is 1. The molecule has 120 valence electrons. The molecule has 1 aliphatic rings. The summed E-state index contributed by atoms with van der Waals surface area (Å²) < 4.78 is 22.5. The van der Waals surface area contributed by atoms with Gasteiger partial charge in [-0.25, -0.2) is 13.2 Å². The van der Waals surface area contributed by atoms with E-state index in [1.807, 2.05) is 0 Å². The predicted molar refractivity (Wildman–Crippen MR) is 74.4 cm³/mol. The zero-order chi connectivity index (χ0) is 16.3. The Morgan fingerprint density at radius 3 is 2.33 bits per heavy atom. The molecule has 1 atom stereocenters. The number of amides is 3. The van der Waals surface area contributed by atoms with E-state index in [4.69, 9.17) is 5.11 Å². The average molecular weight is 320 g/mol. The number of rotatable bonds is 5. The van der Waals surface area contributed by atoms with Crippen LogP contribution in [0.15, 0.2) is 0 Å². The largest absolute Gasteiger partial charge is 0.481 e. The lowest BCUT2D eigenvalue weighted by atomic mass is 9.85. The van der Waals surface area contributed by atoms with Crippen molar-refractivity contribution < 1.29 is 27.9 Å². The second-order valence-electron chi connectivity index (χ2n) is 6.03. The quantitative estimate of drug-likeness (QED) is 0.648. The lowest BCUT2D eigenvalue weighted by Gasteiger charge is -2.21. The molecule has 3 amide bonds. The Kier molecular flexibility index (Phi) is 5.32. The molecule has 0 aliphatic carbocycles. The molecule has 1 rings (SSSR count). The highest BCUT2D eigenvalue weighted by atomic mass is 32.2. The molecule has 9 heteroatoms. The number of carbonyl (C=O) groups excluding carboxylic acids is 2. The molecular formula is C12H20N2O6S. The van der Waals surface area contributed by atoms with Crippen molar-refractivity contribution in [3.8, 4) is 0 Å². The Balaban J connectivity index is 2.41. The number of nitrogens with one attached hydrogen (secondary N) is 2. The molecule has 0 aromatic carbocycles. The van der Waals surface area contributed by atoms with Gasteiger partial charge in [-0.2, -0.15) is 0 Å². The van der Waals surface area contributed by atoms with E-state index in [0.29, 0.717) is 6.42 Å². The highest BCUT2D eigenvalue weighted by Gasteiger charge is 2.30. The molecule has 1 fully saturated rings. The fourth-order valence-electron chi connectivity index (χ4n) is 2.21. The number of aliphatic carboxylic acids is 1. The van der Waals surface area contributed by atoms with Gasteiger partial charge in [-0.3, -0.25) is 14.9 Å². The van der Waals surface area contributed by atoms with E-state index in [-0.39, 0.29) is 24.3 Å². The Labute approximate surface area is 123 Å². The molecule has 21 heavy (non-hydrogen) atoms. The maximum Gasteiger partial charge on any atom is 0.321 e. The number of carboxylic acid groups (broad SMARTS) is 1. The van der Waals surface area contributed by atoms with Crippen molar-refractivity contribution in [2.45, 2.75) is 39.2 Å². The Hall–Kier alpha value is -1.64. The number of carbonyl (C=O) groups is 3. The van der Waals surface area contributed by atoms with Crippen LogP contribution in [-0.4, -0.2) is 49.0 Å². The van der Waals surface area contributed by atoms with Crippen LogP contribution < -0.4 is 10.6 Å². The van der Waals surface area contributed by atoms with Gasteiger partial charge in [0.15, 0.2) is 9.84 Å². The van der Waals surface area contributed by atoms with Gasteiger partial charge < -0.3 is 10.4 Å². The van der Waals surface area contributed by atoms with Gasteiger partial charge in [0.25, 0.3) is 0 Å². The first-order chi connectivity index (χ1) is 9.49. The Morgan fingerprint density at radius 2 is 1.86 bits per heavy atom. The molecule has 1 heterocycles. The van der Waals surface area contributed by atoms with Crippen molar-refractivity contribution in [3.63, 3.8) is 0 Å². The van der Waals surface area contributed by atoms with Crippen LogP contribution in [-0.2, 0) is 19.4 Å². The third kappa shape index (κ3) is 6.56. The molecule has 0 aromatic heterocycles. The Bertz CT molecular complexity index is 540. The molecule has 1 aliphatic heterocycles. The molecule has 0 bridgehead atoms. The maximum atomic E-state index is 11.7. The number of hydrogen-bond acceptors (Lipinski definition) is 5. The number of carboxylic acids is 1. The van der Waals surface area contributed by atoms with Gasteiger partial charge in [-0.1, -0.05) is 13.8 Å². The highest BCUT2D eigenvalue weighted by Crippen LogP contribution is 2.24. The summed E-state index contributed by atoms with van der Waals surface area (Å²) in [4.78, 5) is 33.9. The Morgan fingerprint density at radius 1 is 1.24 bits per heavy atom. The predicted octanol–water partition coefficient (Wildman–Crippen LogP) is -0.110. The average Bonchev–Trinajstić information content (AvgIpc) is 2.53. The van der Waals surface area contributed by atoms with Crippen LogP contribution in [0.4, 0.5) is 4.79 Å². The van der Waals surface area contributed by atoms with E-state index in [2.05, 4.69) is 10.6 Å². The minimum Gasteiger partial charge on any atom is -0.481 e. The van der Waals surface area contributed by atoms with Gasteiger partial charge in [0.1, 0.15) is 0 Å². The monoisotopic (exact) mass is 320 g/mol. The second kappa shape index (κ2) is 6.42. The first kappa shape index (κ1) is 17.4. The summed E-state index contributed by atoms with van der Waals surface area (Å²) in [6.07, 6.45) is 0.0209. The number of hydrogen-bond donors (Lipinski definition) is 3. The third-order valence-corrected chi connectivity index (χ3v) is 4.86. The summed E-state index contributed by atoms with van der Waals surface area (Å²) in [5.41, 5.74) is -0.771. The zero-order valence-corrected chi connectivity index (χ0v) is 12.8. The van der Waals surface area contributed by atoms with Gasteiger partial charge in [0, 0.05) is 12.5 Å². The summed E-state index contributed by atoms with van der Waals surface area (Å²) in [6.45, 7) is 3.23. The highest BCUT2D eigenvalue weighted by molar-refractivity contribution is 7.91. The van der Waals surface area contributed by atoms with Gasteiger partial charge in [0.2, 0.25) is 5.91 Å². The van der Waals surface area contributed by atoms with Crippen LogP contribution in [0.3, 0.4) is 0 Å². The molecule has 0 spiro atoms. The SMILES string of the molecule is CC(C)(CC(=O)O)CC(=O)NC(=O)NC1CCS(=O)(=O)C1. The van der Waals surface area contributed by atoms with Crippen molar-refractivity contribution in [2.24, 2.45) is 5.41 Å². The lowest BCUT2D eigenvalue weighted by Crippen LogP contribution is -2.45. The third-order valence-electron chi connectivity index (χ3n) is 3.09. The molecule has 1 unspecified atom stereocenters. The lowest BCUT2D eigenvalue weighted by molar-refractivity contribution is -0.139. The van der Waals surface area contributed by atoms with Crippen molar-refractivity contribution in [3.05, 3.63) is 0 Å². The van der Waals surface area contributed by atoms with E-state index < -0.39 is 39.2 Å². The van der Waals surface area contributed by atoms with Crippen LogP contribution in [0.25, 0.3) is 0 Å². The van der Waals surface area contributed by atoms with E-state index in [1.165, 1.54) is 0 Å². The van der Waals surface area contributed by atoms with E-state index in [0.717, 1.165) is 0 Å². The van der Waals surface area contributed by atoms with Gasteiger partial charge in [0.05, 0.1) is 17.9 Å². The summed E-state index contributed by atoms with van der Waals surface area (Å²) in [5, 5.41) is 13.2. The molecule has 8 nitrogen and oxygen atoms in total. The van der Waals surface area contributed by atoms with E-state index >= 15 is 0 Å². The number of urea groups is 1. The van der Waals surface area contributed by atoms with Crippen molar-refractivity contribution in [1.82, 2.24) is 10.6 Å². The van der Waals surface area contributed by atoms with Crippen LogP contribution in [0.1, 0.15) is 33.1 Å².